The molecule has 1 unspecified atom stereocenters. The molecule has 0 amide bonds. The van der Waals surface area contributed by atoms with Crippen molar-refractivity contribution in [2.75, 3.05) is 0 Å². The predicted octanol–water partition coefficient (Wildman–Crippen LogP) is 3.38. The van der Waals surface area contributed by atoms with Crippen molar-refractivity contribution >= 4 is 27.3 Å². The second kappa shape index (κ2) is 4.61. The first-order valence-electron chi connectivity index (χ1n) is 4.96. The molecule has 0 radical (unpaired) electrons. The zero-order valence-corrected chi connectivity index (χ0v) is 9.99. The molecule has 2 aromatic carbocycles. The molecule has 0 aliphatic carbocycles. The largest absolute Gasteiger partial charge is 0.475 e. The number of nitrogens with zero attached hydrogens (tertiary/aromatic N) is 1. The Labute approximate surface area is 107 Å². The van der Waals surface area contributed by atoms with Crippen LogP contribution < -0.4 is 0 Å². The topological polar surface area (TPSA) is 60.2 Å². The average molecular weight is 289 g/mol. The lowest BCUT2D eigenvalue weighted by Crippen LogP contribution is -2.16. The summed E-state index contributed by atoms with van der Waals surface area (Å²) in [5.41, 5.74) is -5.48. The van der Waals surface area contributed by atoms with E-state index in [2.05, 4.69) is 0 Å². The third-order valence-corrected chi connectivity index (χ3v) is 3.59. The Morgan fingerprint density at radius 1 is 1.16 bits per heavy atom. The lowest BCUT2D eigenvalue weighted by molar-refractivity contribution is -0.384. The fourth-order valence-corrected chi connectivity index (χ4v) is 2.51. The van der Waals surface area contributed by atoms with Crippen LogP contribution in [0.4, 0.5) is 18.9 Å². The molecular formula is C11H6F3NO3S. The number of fused-ring (bicyclic) bond motifs is 1. The van der Waals surface area contributed by atoms with E-state index in [1.54, 1.807) is 0 Å². The molecule has 0 saturated carbocycles. The van der Waals surface area contributed by atoms with Crippen LogP contribution in [-0.4, -0.2) is 14.6 Å². The van der Waals surface area contributed by atoms with Gasteiger partial charge in [0.05, 0.1) is 9.82 Å². The third-order valence-electron chi connectivity index (χ3n) is 2.43. The van der Waals surface area contributed by atoms with Crippen LogP contribution in [0.15, 0.2) is 41.3 Å². The highest BCUT2D eigenvalue weighted by molar-refractivity contribution is 7.86. The smallest absolute Gasteiger partial charge is 0.258 e. The summed E-state index contributed by atoms with van der Waals surface area (Å²) >= 11 is 0. The van der Waals surface area contributed by atoms with Gasteiger partial charge in [-0.15, -0.1) is 0 Å². The maximum atomic E-state index is 12.5. The fourth-order valence-electron chi connectivity index (χ4n) is 1.64. The minimum absolute atomic E-state index is 0.0868. The van der Waals surface area contributed by atoms with Gasteiger partial charge in [-0.05, 0) is 10.8 Å². The molecule has 19 heavy (non-hydrogen) atoms. The molecule has 0 N–H and O–H groups in total. The SMILES string of the molecule is O=[N+]([O-])c1cc(S(=O)C(F)(F)F)c2ccccc2c1. The van der Waals surface area contributed by atoms with E-state index in [1.165, 1.54) is 24.3 Å². The lowest BCUT2D eigenvalue weighted by atomic mass is 10.1. The molecule has 0 aliphatic heterocycles. The quantitative estimate of drug-likeness (QED) is 0.629. The fraction of sp³-hybridized carbons (Fsp3) is 0.0909. The summed E-state index contributed by atoms with van der Waals surface area (Å²) < 4.78 is 49.0. The van der Waals surface area contributed by atoms with Gasteiger partial charge in [-0.3, -0.25) is 10.1 Å². The molecular weight excluding hydrogens is 283 g/mol. The molecule has 0 heterocycles. The summed E-state index contributed by atoms with van der Waals surface area (Å²) in [7, 11) is -3.31. The second-order valence-corrected chi connectivity index (χ2v) is 5.08. The molecule has 0 bridgehead atoms. The van der Waals surface area contributed by atoms with Gasteiger partial charge in [-0.25, -0.2) is 4.21 Å². The Bertz CT molecular complexity index is 684. The number of non-ortho nitro benzene ring substituents is 1. The van der Waals surface area contributed by atoms with Crippen LogP contribution in [0.5, 0.6) is 0 Å². The molecule has 2 rings (SSSR count). The number of rotatable bonds is 2. The average Bonchev–Trinajstić information content (AvgIpc) is 2.35. The first kappa shape index (κ1) is 13.5. The molecule has 1 atom stereocenters. The standard InChI is InChI=1S/C11H6F3NO3S/c12-11(13,14)19(18)10-6-8(15(16)17)5-7-3-1-2-4-9(7)10/h1-6H. The summed E-state index contributed by atoms with van der Waals surface area (Å²) in [6.45, 7) is 0. The van der Waals surface area contributed by atoms with Gasteiger partial charge in [-0.1, -0.05) is 24.3 Å². The molecule has 2 aromatic rings. The first-order chi connectivity index (χ1) is 8.80. The van der Waals surface area contributed by atoms with Crippen molar-refractivity contribution in [1.29, 1.82) is 0 Å². The highest BCUT2D eigenvalue weighted by Crippen LogP contribution is 2.33. The normalized spacial score (nSPS) is 13.4. The van der Waals surface area contributed by atoms with Gasteiger partial charge in [-0.2, -0.15) is 13.2 Å². The Morgan fingerprint density at radius 3 is 2.37 bits per heavy atom. The summed E-state index contributed by atoms with van der Waals surface area (Å²) in [6.07, 6.45) is 0. The van der Waals surface area contributed by atoms with Crippen LogP contribution >= 0.6 is 0 Å². The lowest BCUT2D eigenvalue weighted by Gasteiger charge is -2.09. The molecule has 100 valence electrons. The van der Waals surface area contributed by atoms with E-state index in [0.717, 1.165) is 6.07 Å². The van der Waals surface area contributed by atoms with Crippen LogP contribution in [0.25, 0.3) is 10.8 Å². The highest BCUT2D eigenvalue weighted by atomic mass is 32.2. The number of hydrogen-bond acceptors (Lipinski definition) is 3. The van der Waals surface area contributed by atoms with Crippen LogP contribution in [-0.2, 0) is 10.8 Å². The van der Waals surface area contributed by atoms with E-state index >= 15 is 0 Å². The molecule has 8 heteroatoms. The molecule has 0 aromatic heterocycles. The molecule has 0 aliphatic rings. The van der Waals surface area contributed by atoms with Crippen molar-refractivity contribution in [1.82, 2.24) is 0 Å². The highest BCUT2D eigenvalue weighted by Gasteiger charge is 2.39. The van der Waals surface area contributed by atoms with Crippen LogP contribution in [0, 0.1) is 10.1 Å². The van der Waals surface area contributed by atoms with Crippen molar-refractivity contribution in [3.8, 4) is 0 Å². The number of halogens is 3. The maximum Gasteiger partial charge on any atom is 0.475 e. The van der Waals surface area contributed by atoms with Gasteiger partial charge in [0, 0.05) is 12.1 Å². The Hall–Kier alpha value is -1.96. The van der Waals surface area contributed by atoms with E-state index in [1.807, 2.05) is 0 Å². The van der Waals surface area contributed by atoms with Crippen LogP contribution in [0.3, 0.4) is 0 Å². The van der Waals surface area contributed by atoms with Crippen molar-refractivity contribution in [3.05, 3.63) is 46.5 Å². The summed E-state index contributed by atoms with van der Waals surface area (Å²) in [6, 6.07) is 7.63. The molecule has 4 nitrogen and oxygen atoms in total. The van der Waals surface area contributed by atoms with Gasteiger partial charge >= 0.3 is 5.51 Å². The van der Waals surface area contributed by atoms with Crippen LogP contribution in [0.1, 0.15) is 0 Å². The van der Waals surface area contributed by atoms with Crippen molar-refractivity contribution < 1.29 is 22.3 Å². The minimum Gasteiger partial charge on any atom is -0.258 e. The van der Waals surface area contributed by atoms with E-state index < -0.39 is 31.8 Å². The Kier molecular flexibility index (Phi) is 3.27. The molecule has 0 spiro atoms. The number of alkyl halides is 3. The Balaban J connectivity index is 2.77. The Morgan fingerprint density at radius 2 is 1.79 bits per heavy atom. The summed E-state index contributed by atoms with van der Waals surface area (Å²) in [4.78, 5) is 9.28. The zero-order valence-electron chi connectivity index (χ0n) is 9.18. The van der Waals surface area contributed by atoms with Crippen molar-refractivity contribution in [2.24, 2.45) is 0 Å². The molecule has 0 fully saturated rings. The van der Waals surface area contributed by atoms with E-state index in [4.69, 9.17) is 0 Å². The van der Waals surface area contributed by atoms with Gasteiger partial charge in [0.2, 0.25) is 0 Å². The van der Waals surface area contributed by atoms with Gasteiger partial charge < -0.3 is 0 Å². The van der Waals surface area contributed by atoms with Crippen LogP contribution in [0.2, 0.25) is 0 Å². The second-order valence-electron chi connectivity index (χ2n) is 3.64. The number of nitro groups is 1. The van der Waals surface area contributed by atoms with E-state index in [9.17, 15) is 27.5 Å². The monoisotopic (exact) mass is 289 g/mol. The number of benzene rings is 2. The zero-order chi connectivity index (χ0) is 14.2. The maximum absolute atomic E-state index is 12.5. The van der Waals surface area contributed by atoms with E-state index in [-0.39, 0.29) is 10.8 Å². The van der Waals surface area contributed by atoms with Gasteiger partial charge in [0.25, 0.3) is 5.69 Å². The van der Waals surface area contributed by atoms with E-state index in [0.29, 0.717) is 6.07 Å². The predicted molar refractivity (Wildman–Crippen MR) is 63.1 cm³/mol. The number of hydrogen-bond donors (Lipinski definition) is 0. The minimum atomic E-state index is -4.96. The summed E-state index contributed by atoms with van der Waals surface area (Å²) in [5, 5.41) is 11.0. The number of nitro benzene ring substituents is 1. The summed E-state index contributed by atoms with van der Waals surface area (Å²) in [5.74, 6) is 0. The van der Waals surface area contributed by atoms with Gasteiger partial charge in [0.15, 0.2) is 10.8 Å². The third kappa shape index (κ3) is 2.58. The van der Waals surface area contributed by atoms with Crippen molar-refractivity contribution in [2.45, 2.75) is 10.4 Å². The molecule has 0 saturated heterocycles. The first-order valence-corrected chi connectivity index (χ1v) is 6.11. The van der Waals surface area contributed by atoms with Crippen molar-refractivity contribution in [3.63, 3.8) is 0 Å². The van der Waals surface area contributed by atoms with Gasteiger partial charge in [0.1, 0.15) is 0 Å².